The van der Waals surface area contributed by atoms with Crippen molar-refractivity contribution < 1.29 is 13.2 Å². The molecule has 1 amide bonds. The second-order valence-corrected chi connectivity index (χ2v) is 7.11. The fraction of sp³-hybridized carbons (Fsp3) is 0.417. The number of hydrogen-bond donors (Lipinski definition) is 1. The predicted octanol–water partition coefficient (Wildman–Crippen LogP) is 1.39. The Kier molecular flexibility index (Phi) is 3.92. The van der Waals surface area contributed by atoms with E-state index in [1.807, 2.05) is 12.1 Å². The molecule has 4 nitrogen and oxygen atoms in total. The zero-order valence-corrected chi connectivity index (χ0v) is 11.3. The van der Waals surface area contributed by atoms with E-state index in [2.05, 4.69) is 5.32 Å². The highest BCUT2D eigenvalue weighted by molar-refractivity contribution is 7.91. The van der Waals surface area contributed by atoms with Gasteiger partial charge < -0.3 is 5.32 Å². The van der Waals surface area contributed by atoms with Crippen LogP contribution in [0.2, 0.25) is 5.02 Å². The Balaban J connectivity index is 1.87. The minimum atomic E-state index is -3.01. The third-order valence-corrected chi connectivity index (χ3v) is 5.00. The Morgan fingerprint density at radius 2 is 2.00 bits per heavy atom. The van der Waals surface area contributed by atoms with Crippen molar-refractivity contribution in [3.63, 3.8) is 0 Å². The van der Waals surface area contributed by atoms with Crippen molar-refractivity contribution >= 4 is 27.3 Å². The van der Waals surface area contributed by atoms with Gasteiger partial charge in [-0.05, 0) is 24.1 Å². The number of halogens is 1. The highest BCUT2D eigenvalue weighted by Crippen LogP contribution is 2.18. The predicted molar refractivity (Wildman–Crippen MR) is 70.1 cm³/mol. The molecule has 98 valence electrons. The fourth-order valence-corrected chi connectivity index (χ4v) is 3.80. The van der Waals surface area contributed by atoms with Gasteiger partial charge in [0.25, 0.3) is 0 Å². The van der Waals surface area contributed by atoms with Gasteiger partial charge >= 0.3 is 0 Å². The van der Waals surface area contributed by atoms with Crippen molar-refractivity contribution in [2.45, 2.75) is 13.0 Å². The van der Waals surface area contributed by atoms with Crippen molar-refractivity contribution in [1.29, 1.82) is 0 Å². The van der Waals surface area contributed by atoms with E-state index in [9.17, 15) is 13.2 Å². The van der Waals surface area contributed by atoms with Crippen molar-refractivity contribution in [2.75, 3.05) is 11.5 Å². The summed E-state index contributed by atoms with van der Waals surface area (Å²) in [6.45, 7) is 0.395. The average molecular weight is 288 g/mol. The van der Waals surface area contributed by atoms with Crippen LogP contribution >= 0.6 is 11.6 Å². The molecule has 1 fully saturated rings. The second kappa shape index (κ2) is 5.28. The molecule has 1 aromatic rings. The lowest BCUT2D eigenvalue weighted by atomic mass is 10.1. The van der Waals surface area contributed by atoms with Crippen LogP contribution in [0.15, 0.2) is 24.3 Å². The summed E-state index contributed by atoms with van der Waals surface area (Å²) in [4.78, 5) is 11.8. The minimum Gasteiger partial charge on any atom is -0.352 e. The van der Waals surface area contributed by atoms with Gasteiger partial charge in [-0.25, -0.2) is 8.42 Å². The maximum absolute atomic E-state index is 11.8. The van der Waals surface area contributed by atoms with E-state index in [0.29, 0.717) is 18.0 Å². The number of nitrogens with one attached hydrogen (secondary N) is 1. The topological polar surface area (TPSA) is 63.2 Å². The summed E-state index contributed by atoms with van der Waals surface area (Å²) < 4.78 is 22.5. The summed E-state index contributed by atoms with van der Waals surface area (Å²) in [6, 6.07) is 7.16. The van der Waals surface area contributed by atoms with E-state index in [4.69, 9.17) is 11.6 Å². The molecule has 1 atom stereocenters. The monoisotopic (exact) mass is 287 g/mol. The zero-order chi connectivity index (χ0) is 13.2. The molecule has 6 heteroatoms. The molecule has 0 spiro atoms. The highest BCUT2D eigenvalue weighted by atomic mass is 35.5. The summed E-state index contributed by atoms with van der Waals surface area (Å²) in [5, 5.41) is 3.40. The number of carbonyl (C=O) groups excluding carboxylic acids is 1. The largest absolute Gasteiger partial charge is 0.352 e. The van der Waals surface area contributed by atoms with E-state index in [0.717, 1.165) is 5.56 Å². The van der Waals surface area contributed by atoms with E-state index in [1.54, 1.807) is 12.1 Å². The summed E-state index contributed by atoms with van der Waals surface area (Å²) in [5.41, 5.74) is 0.939. The van der Waals surface area contributed by atoms with Gasteiger partial charge in [-0.2, -0.15) is 0 Å². The summed E-state index contributed by atoms with van der Waals surface area (Å²) in [7, 11) is -3.01. The normalized spacial score (nSPS) is 21.7. The van der Waals surface area contributed by atoms with Gasteiger partial charge in [-0.3, -0.25) is 4.79 Å². The molecular weight excluding hydrogens is 274 g/mol. The lowest BCUT2D eigenvalue weighted by molar-refractivity contribution is -0.124. The average Bonchev–Trinajstić information content (AvgIpc) is 2.69. The van der Waals surface area contributed by atoms with Gasteiger partial charge in [-0.1, -0.05) is 23.7 Å². The molecule has 1 N–H and O–H groups in total. The first-order valence-electron chi connectivity index (χ1n) is 5.69. The number of rotatable bonds is 3. The standard InChI is InChI=1S/C12H14ClNO3S/c13-11-3-1-9(2-4-11)7-14-12(15)10-5-6-18(16,17)8-10/h1-4,10H,5-8H2,(H,14,15)/t10-/m0/s1. The Morgan fingerprint density at radius 1 is 1.33 bits per heavy atom. The number of sulfone groups is 1. The van der Waals surface area contributed by atoms with Gasteiger partial charge in [0.05, 0.1) is 17.4 Å². The molecule has 1 aromatic carbocycles. The van der Waals surface area contributed by atoms with Crippen LogP contribution in [-0.4, -0.2) is 25.8 Å². The molecule has 2 rings (SSSR count). The van der Waals surface area contributed by atoms with Crippen LogP contribution in [0, 0.1) is 5.92 Å². The molecule has 1 aliphatic heterocycles. The molecular formula is C12H14ClNO3S. The molecule has 1 aliphatic rings. The van der Waals surface area contributed by atoms with Crippen molar-refractivity contribution in [1.82, 2.24) is 5.32 Å². The van der Waals surface area contributed by atoms with Gasteiger partial charge in [0, 0.05) is 11.6 Å². The second-order valence-electron chi connectivity index (χ2n) is 4.44. The van der Waals surface area contributed by atoms with Crippen LogP contribution in [0.5, 0.6) is 0 Å². The number of hydrogen-bond acceptors (Lipinski definition) is 3. The summed E-state index contributed by atoms with van der Waals surface area (Å²) in [5.74, 6) is -0.501. The Morgan fingerprint density at radius 3 is 2.56 bits per heavy atom. The SMILES string of the molecule is O=C(NCc1ccc(Cl)cc1)[C@H]1CCS(=O)(=O)C1. The van der Waals surface area contributed by atoms with Crippen molar-refractivity contribution in [3.8, 4) is 0 Å². The molecule has 1 saturated heterocycles. The Hall–Kier alpha value is -1.07. The fourth-order valence-electron chi connectivity index (χ4n) is 1.94. The van der Waals surface area contributed by atoms with E-state index in [-0.39, 0.29) is 17.4 Å². The molecule has 0 saturated carbocycles. The van der Waals surface area contributed by atoms with Gasteiger partial charge in [0.2, 0.25) is 5.91 Å². The molecule has 0 aromatic heterocycles. The first kappa shape index (κ1) is 13.4. The van der Waals surface area contributed by atoms with Gasteiger partial charge in [0.15, 0.2) is 9.84 Å². The van der Waals surface area contributed by atoms with Crippen LogP contribution in [0.4, 0.5) is 0 Å². The summed E-state index contributed by atoms with van der Waals surface area (Å²) in [6.07, 6.45) is 0.425. The number of amides is 1. The lowest BCUT2D eigenvalue weighted by Gasteiger charge is -2.09. The quantitative estimate of drug-likeness (QED) is 0.914. The molecule has 1 heterocycles. The van der Waals surface area contributed by atoms with Crippen LogP contribution in [0.25, 0.3) is 0 Å². The van der Waals surface area contributed by atoms with Crippen LogP contribution in [0.1, 0.15) is 12.0 Å². The van der Waals surface area contributed by atoms with Gasteiger partial charge in [0.1, 0.15) is 0 Å². The first-order chi connectivity index (χ1) is 8.46. The van der Waals surface area contributed by atoms with E-state index in [1.165, 1.54) is 0 Å². The third-order valence-electron chi connectivity index (χ3n) is 2.98. The Bertz CT molecular complexity index is 539. The molecule has 0 bridgehead atoms. The summed E-state index contributed by atoms with van der Waals surface area (Å²) >= 11 is 5.76. The van der Waals surface area contributed by atoms with Gasteiger partial charge in [-0.15, -0.1) is 0 Å². The smallest absolute Gasteiger partial charge is 0.224 e. The number of benzene rings is 1. The third kappa shape index (κ3) is 3.46. The van der Waals surface area contributed by atoms with E-state index >= 15 is 0 Å². The maximum atomic E-state index is 11.8. The number of carbonyl (C=O) groups is 1. The van der Waals surface area contributed by atoms with E-state index < -0.39 is 15.8 Å². The van der Waals surface area contributed by atoms with Crippen molar-refractivity contribution in [3.05, 3.63) is 34.9 Å². The molecule has 18 heavy (non-hydrogen) atoms. The van der Waals surface area contributed by atoms with Crippen LogP contribution in [-0.2, 0) is 21.2 Å². The Labute approximate surface area is 111 Å². The highest BCUT2D eigenvalue weighted by Gasteiger charge is 2.32. The molecule has 0 aliphatic carbocycles. The van der Waals surface area contributed by atoms with Crippen molar-refractivity contribution in [2.24, 2.45) is 5.92 Å². The van der Waals surface area contributed by atoms with Crippen LogP contribution < -0.4 is 5.32 Å². The first-order valence-corrected chi connectivity index (χ1v) is 7.89. The maximum Gasteiger partial charge on any atom is 0.224 e. The minimum absolute atomic E-state index is 0.0283. The molecule has 0 unspecified atom stereocenters. The lowest BCUT2D eigenvalue weighted by Crippen LogP contribution is -2.30. The zero-order valence-electron chi connectivity index (χ0n) is 9.73. The molecule has 0 radical (unpaired) electrons. The van der Waals surface area contributed by atoms with Crippen LogP contribution in [0.3, 0.4) is 0 Å².